The van der Waals surface area contributed by atoms with Crippen LogP contribution >= 0.6 is 0 Å². The third-order valence-corrected chi connectivity index (χ3v) is 3.47. The van der Waals surface area contributed by atoms with Crippen LogP contribution in [0.15, 0.2) is 4.42 Å². The molecule has 1 atom stereocenters. The fraction of sp³-hybridized carbons (Fsp3) is 0.800. The normalized spacial score (nSPS) is 31.5. The van der Waals surface area contributed by atoms with Crippen molar-refractivity contribution in [2.24, 2.45) is 11.1 Å². The molecule has 2 N–H and O–H groups in total. The van der Waals surface area contributed by atoms with Gasteiger partial charge < -0.3 is 10.2 Å². The zero-order valence-corrected chi connectivity index (χ0v) is 8.58. The van der Waals surface area contributed by atoms with E-state index in [0.29, 0.717) is 17.2 Å². The summed E-state index contributed by atoms with van der Waals surface area (Å²) in [6.07, 6.45) is 3.09. The molecule has 0 aliphatic heterocycles. The maximum absolute atomic E-state index is 5.97. The monoisotopic (exact) mass is 193 g/mol. The molecule has 0 saturated heterocycles. The van der Waals surface area contributed by atoms with Gasteiger partial charge in [-0.05, 0) is 24.7 Å². The van der Waals surface area contributed by atoms with Crippen molar-refractivity contribution >= 4 is 0 Å². The summed E-state index contributed by atoms with van der Waals surface area (Å²) in [5, 5.41) is 8.12. The van der Waals surface area contributed by atoms with Crippen LogP contribution < -0.4 is 5.73 Å². The molecular weight excluding hydrogens is 178 g/mol. The highest BCUT2D eigenvalue weighted by Crippen LogP contribution is 2.58. The van der Waals surface area contributed by atoms with Gasteiger partial charge in [-0.1, -0.05) is 13.8 Å². The largest absolute Gasteiger partial charge is 0.423 e. The van der Waals surface area contributed by atoms with Gasteiger partial charge in [-0.2, -0.15) is 0 Å². The summed E-state index contributed by atoms with van der Waals surface area (Å²) in [6, 6.07) is 0. The fourth-order valence-corrected chi connectivity index (χ4v) is 1.81. The number of rotatable bonds is 2. The first-order valence-corrected chi connectivity index (χ1v) is 5.14. The molecule has 1 heterocycles. The maximum Gasteiger partial charge on any atom is 0.236 e. The predicted molar refractivity (Wildman–Crippen MR) is 50.5 cm³/mol. The van der Waals surface area contributed by atoms with Crippen LogP contribution in [-0.4, -0.2) is 10.2 Å². The van der Waals surface area contributed by atoms with E-state index >= 15 is 0 Å². The summed E-state index contributed by atoms with van der Waals surface area (Å²) in [4.78, 5) is 0. The summed E-state index contributed by atoms with van der Waals surface area (Å²) in [6.45, 7) is 4.44. The van der Waals surface area contributed by atoms with Crippen LogP contribution in [0.2, 0.25) is 0 Å². The maximum atomic E-state index is 5.97. The van der Waals surface area contributed by atoms with Gasteiger partial charge in [0, 0.05) is 5.92 Å². The molecule has 2 aliphatic rings. The second-order valence-corrected chi connectivity index (χ2v) is 5.35. The Hall–Kier alpha value is -0.900. The predicted octanol–water partition coefficient (Wildman–Crippen LogP) is 1.53. The van der Waals surface area contributed by atoms with Crippen LogP contribution in [0.1, 0.15) is 50.8 Å². The highest BCUT2D eigenvalue weighted by atomic mass is 16.4. The lowest BCUT2D eigenvalue weighted by atomic mass is 10.1. The fourth-order valence-electron chi connectivity index (χ4n) is 1.81. The number of nitrogens with zero attached hydrogens (tertiary/aromatic N) is 2. The lowest BCUT2D eigenvalue weighted by molar-refractivity contribution is 0.398. The van der Waals surface area contributed by atoms with Crippen LogP contribution in [-0.2, 0) is 5.54 Å². The highest BCUT2D eigenvalue weighted by molar-refractivity contribution is 5.16. The van der Waals surface area contributed by atoms with Crippen molar-refractivity contribution in [3.8, 4) is 0 Å². The second-order valence-electron chi connectivity index (χ2n) is 5.35. The first-order valence-electron chi connectivity index (χ1n) is 5.14. The van der Waals surface area contributed by atoms with E-state index in [0.717, 1.165) is 25.2 Å². The van der Waals surface area contributed by atoms with Gasteiger partial charge in [0.25, 0.3) is 0 Å². The minimum Gasteiger partial charge on any atom is -0.423 e. The Morgan fingerprint density at radius 1 is 1.36 bits per heavy atom. The number of hydrogen-bond acceptors (Lipinski definition) is 4. The van der Waals surface area contributed by atoms with Gasteiger partial charge in [0.1, 0.15) is 0 Å². The van der Waals surface area contributed by atoms with Crippen molar-refractivity contribution in [3.63, 3.8) is 0 Å². The third-order valence-electron chi connectivity index (χ3n) is 3.47. The Morgan fingerprint density at radius 2 is 2.00 bits per heavy atom. The van der Waals surface area contributed by atoms with E-state index < -0.39 is 0 Å². The summed E-state index contributed by atoms with van der Waals surface area (Å²) in [7, 11) is 0. The average Bonchev–Trinajstić information content (AvgIpc) is 2.94. The highest BCUT2D eigenvalue weighted by Gasteiger charge is 2.52. The van der Waals surface area contributed by atoms with E-state index in [9.17, 15) is 0 Å². The summed E-state index contributed by atoms with van der Waals surface area (Å²) in [5.41, 5.74) is 6.03. The van der Waals surface area contributed by atoms with Gasteiger partial charge in [0.2, 0.25) is 11.8 Å². The molecule has 2 aliphatic carbocycles. The molecule has 4 nitrogen and oxygen atoms in total. The van der Waals surface area contributed by atoms with Crippen molar-refractivity contribution < 1.29 is 4.42 Å². The molecule has 0 amide bonds. The first-order chi connectivity index (χ1) is 6.51. The SMILES string of the molecule is CC1(C)CC1c1nnc(C2(N)CC2)o1. The summed E-state index contributed by atoms with van der Waals surface area (Å²) < 4.78 is 5.62. The van der Waals surface area contributed by atoms with E-state index in [1.165, 1.54) is 0 Å². The van der Waals surface area contributed by atoms with Gasteiger partial charge in [0.15, 0.2) is 0 Å². The molecule has 0 radical (unpaired) electrons. The molecule has 1 aromatic rings. The Labute approximate surface area is 82.9 Å². The van der Waals surface area contributed by atoms with E-state index in [2.05, 4.69) is 24.0 Å². The Bertz CT molecular complexity index is 378. The quantitative estimate of drug-likeness (QED) is 0.773. The molecular formula is C10H15N3O. The lowest BCUT2D eigenvalue weighted by Gasteiger charge is -2.00. The average molecular weight is 193 g/mol. The smallest absolute Gasteiger partial charge is 0.236 e. The van der Waals surface area contributed by atoms with Crippen molar-refractivity contribution in [3.05, 3.63) is 11.8 Å². The van der Waals surface area contributed by atoms with Gasteiger partial charge in [-0.15, -0.1) is 10.2 Å². The first kappa shape index (κ1) is 8.41. The van der Waals surface area contributed by atoms with E-state index in [1.54, 1.807) is 0 Å². The molecule has 3 rings (SSSR count). The lowest BCUT2D eigenvalue weighted by Crippen LogP contribution is -2.18. The molecule has 2 saturated carbocycles. The Morgan fingerprint density at radius 3 is 2.50 bits per heavy atom. The van der Waals surface area contributed by atoms with E-state index in [-0.39, 0.29) is 5.54 Å². The second kappa shape index (κ2) is 2.19. The zero-order chi connectivity index (χ0) is 9.97. The number of nitrogens with two attached hydrogens (primary N) is 1. The van der Waals surface area contributed by atoms with Crippen LogP contribution in [0.5, 0.6) is 0 Å². The number of aromatic nitrogens is 2. The van der Waals surface area contributed by atoms with Crippen molar-refractivity contribution in [1.82, 2.24) is 10.2 Å². The molecule has 14 heavy (non-hydrogen) atoms. The third kappa shape index (κ3) is 1.10. The number of hydrogen-bond donors (Lipinski definition) is 1. The van der Waals surface area contributed by atoms with Gasteiger partial charge in [-0.3, -0.25) is 0 Å². The molecule has 1 unspecified atom stereocenters. The van der Waals surface area contributed by atoms with Crippen LogP contribution in [0.25, 0.3) is 0 Å². The summed E-state index contributed by atoms with van der Waals surface area (Å²) >= 11 is 0. The summed E-state index contributed by atoms with van der Waals surface area (Å²) in [5.74, 6) is 1.86. The molecule has 2 fully saturated rings. The minimum atomic E-state index is -0.287. The van der Waals surface area contributed by atoms with Gasteiger partial charge in [-0.25, -0.2) is 0 Å². The van der Waals surface area contributed by atoms with E-state index in [1.807, 2.05) is 0 Å². The molecule has 4 heteroatoms. The van der Waals surface area contributed by atoms with Crippen molar-refractivity contribution in [2.75, 3.05) is 0 Å². The molecule has 0 bridgehead atoms. The zero-order valence-electron chi connectivity index (χ0n) is 8.58. The molecule has 1 aromatic heterocycles. The topological polar surface area (TPSA) is 64.9 Å². The van der Waals surface area contributed by atoms with Crippen LogP contribution in [0, 0.1) is 5.41 Å². The van der Waals surface area contributed by atoms with Crippen molar-refractivity contribution in [1.29, 1.82) is 0 Å². The minimum absolute atomic E-state index is 0.287. The standard InChI is InChI=1S/C10H15N3O/c1-9(2)5-6(9)7-12-13-8(14-7)10(11)3-4-10/h6H,3-5,11H2,1-2H3. The van der Waals surface area contributed by atoms with E-state index in [4.69, 9.17) is 10.2 Å². The Balaban J connectivity index is 1.85. The Kier molecular flexibility index (Phi) is 1.31. The van der Waals surface area contributed by atoms with Gasteiger partial charge in [0.05, 0.1) is 5.54 Å². The van der Waals surface area contributed by atoms with Crippen LogP contribution in [0.4, 0.5) is 0 Å². The van der Waals surface area contributed by atoms with Crippen LogP contribution in [0.3, 0.4) is 0 Å². The molecule has 76 valence electrons. The molecule has 0 spiro atoms. The van der Waals surface area contributed by atoms with Gasteiger partial charge >= 0.3 is 0 Å². The molecule has 0 aromatic carbocycles. The van der Waals surface area contributed by atoms with Crippen molar-refractivity contribution in [2.45, 2.75) is 44.6 Å².